The fourth-order valence-corrected chi connectivity index (χ4v) is 2.02. The van der Waals surface area contributed by atoms with Gasteiger partial charge in [0.25, 0.3) is 0 Å². The monoisotopic (exact) mass is 198 g/mol. The molecule has 80 valence electrons. The molecule has 0 aliphatic carbocycles. The van der Waals surface area contributed by atoms with Gasteiger partial charge in [-0.2, -0.15) is 0 Å². The molecule has 0 spiro atoms. The number of hydrogen-bond acceptors (Lipinski definition) is 3. The number of carbonyl (C=O) groups is 1. The van der Waals surface area contributed by atoms with Crippen LogP contribution >= 0.6 is 0 Å². The van der Waals surface area contributed by atoms with Crippen molar-refractivity contribution < 1.29 is 9.53 Å². The van der Waals surface area contributed by atoms with Crippen molar-refractivity contribution in [3.63, 3.8) is 0 Å². The lowest BCUT2D eigenvalue weighted by Gasteiger charge is -2.27. The topological polar surface area (TPSA) is 41.6 Å². The van der Waals surface area contributed by atoms with Gasteiger partial charge in [-0.25, -0.2) is 4.79 Å². The molecule has 0 unspecified atom stereocenters. The van der Waals surface area contributed by atoms with E-state index >= 15 is 0 Å². The maximum atomic E-state index is 11.6. The van der Waals surface area contributed by atoms with Crippen molar-refractivity contribution in [1.29, 1.82) is 0 Å². The Kier molecular flexibility index (Phi) is 3.24. The lowest BCUT2D eigenvalue weighted by molar-refractivity contribution is 0.0650. The second-order valence-corrected chi connectivity index (χ2v) is 4.05. The van der Waals surface area contributed by atoms with Crippen LogP contribution in [0.5, 0.6) is 0 Å². The first kappa shape index (κ1) is 9.77. The number of ether oxygens (including phenoxy) is 1. The Bertz CT molecular complexity index is 196. The van der Waals surface area contributed by atoms with Gasteiger partial charge in [-0.3, -0.25) is 0 Å². The molecule has 0 radical (unpaired) electrons. The number of nitrogens with one attached hydrogen (secondary N) is 1. The molecule has 1 amide bonds. The molecular weight excluding hydrogens is 180 g/mol. The van der Waals surface area contributed by atoms with Gasteiger partial charge in [-0.05, 0) is 32.2 Å². The first-order valence-corrected chi connectivity index (χ1v) is 5.52. The van der Waals surface area contributed by atoms with E-state index in [0.29, 0.717) is 0 Å². The Hall–Kier alpha value is -0.770. The summed E-state index contributed by atoms with van der Waals surface area (Å²) < 4.78 is 5.38. The normalized spacial score (nSPS) is 27.7. The maximum Gasteiger partial charge on any atom is 0.410 e. The van der Waals surface area contributed by atoms with E-state index < -0.39 is 0 Å². The highest BCUT2D eigenvalue weighted by molar-refractivity contribution is 5.67. The van der Waals surface area contributed by atoms with Crippen LogP contribution in [0.3, 0.4) is 0 Å². The van der Waals surface area contributed by atoms with Crippen LogP contribution in [-0.2, 0) is 4.74 Å². The van der Waals surface area contributed by atoms with Crippen LogP contribution in [0, 0.1) is 0 Å². The van der Waals surface area contributed by atoms with Crippen molar-refractivity contribution >= 4 is 6.09 Å². The Morgan fingerprint density at radius 1 is 1.29 bits per heavy atom. The van der Waals surface area contributed by atoms with Crippen LogP contribution < -0.4 is 5.32 Å². The van der Waals surface area contributed by atoms with Gasteiger partial charge in [0.2, 0.25) is 0 Å². The SMILES string of the molecule is O=C(O[C@@H]1CCNC1)N1CCCCC1. The van der Waals surface area contributed by atoms with Gasteiger partial charge in [-0.1, -0.05) is 0 Å². The van der Waals surface area contributed by atoms with Crippen molar-refractivity contribution in [3.05, 3.63) is 0 Å². The predicted octanol–water partition coefficient (Wildman–Crippen LogP) is 0.971. The zero-order chi connectivity index (χ0) is 9.80. The molecule has 4 heteroatoms. The van der Waals surface area contributed by atoms with E-state index in [-0.39, 0.29) is 12.2 Å². The van der Waals surface area contributed by atoms with Crippen LogP contribution in [-0.4, -0.2) is 43.3 Å². The van der Waals surface area contributed by atoms with Gasteiger partial charge in [0, 0.05) is 19.6 Å². The van der Waals surface area contributed by atoms with Crippen LogP contribution in [0.2, 0.25) is 0 Å². The van der Waals surface area contributed by atoms with Crippen molar-refractivity contribution in [2.75, 3.05) is 26.2 Å². The standard InChI is InChI=1S/C10H18N2O2/c13-10(12-6-2-1-3-7-12)14-9-4-5-11-8-9/h9,11H,1-8H2/t9-/m1/s1. The van der Waals surface area contributed by atoms with E-state index in [2.05, 4.69) is 5.32 Å². The summed E-state index contributed by atoms with van der Waals surface area (Å²) in [5, 5.41) is 3.18. The Balaban J connectivity index is 1.75. The van der Waals surface area contributed by atoms with Gasteiger partial charge in [0.1, 0.15) is 6.10 Å². The third-order valence-electron chi connectivity index (χ3n) is 2.90. The third-order valence-corrected chi connectivity index (χ3v) is 2.90. The molecule has 0 aromatic heterocycles. The minimum atomic E-state index is -0.113. The van der Waals surface area contributed by atoms with Crippen molar-refractivity contribution in [2.24, 2.45) is 0 Å². The minimum Gasteiger partial charge on any atom is -0.445 e. The molecule has 0 bridgehead atoms. The Morgan fingerprint density at radius 3 is 2.71 bits per heavy atom. The van der Waals surface area contributed by atoms with Gasteiger partial charge in [-0.15, -0.1) is 0 Å². The predicted molar refractivity (Wildman–Crippen MR) is 53.2 cm³/mol. The van der Waals surface area contributed by atoms with Crippen molar-refractivity contribution in [2.45, 2.75) is 31.8 Å². The first-order chi connectivity index (χ1) is 6.86. The molecule has 14 heavy (non-hydrogen) atoms. The molecular formula is C10H18N2O2. The summed E-state index contributed by atoms with van der Waals surface area (Å²) >= 11 is 0. The van der Waals surface area contributed by atoms with Crippen LogP contribution in [0.15, 0.2) is 0 Å². The zero-order valence-corrected chi connectivity index (χ0v) is 8.50. The minimum absolute atomic E-state index is 0.101. The lowest BCUT2D eigenvalue weighted by Crippen LogP contribution is -2.38. The van der Waals surface area contributed by atoms with E-state index in [1.54, 1.807) is 0 Å². The second kappa shape index (κ2) is 4.64. The molecule has 1 atom stereocenters. The fourth-order valence-electron chi connectivity index (χ4n) is 2.02. The van der Waals surface area contributed by atoms with E-state index in [0.717, 1.165) is 45.4 Å². The van der Waals surface area contributed by atoms with Crippen LogP contribution in [0.25, 0.3) is 0 Å². The number of rotatable bonds is 1. The van der Waals surface area contributed by atoms with Gasteiger partial charge < -0.3 is 15.0 Å². The number of piperidine rings is 1. The van der Waals surface area contributed by atoms with E-state index in [9.17, 15) is 4.79 Å². The molecule has 2 fully saturated rings. The summed E-state index contributed by atoms with van der Waals surface area (Å²) in [6, 6.07) is 0. The highest BCUT2D eigenvalue weighted by Crippen LogP contribution is 2.12. The fraction of sp³-hybridized carbons (Fsp3) is 0.900. The third kappa shape index (κ3) is 2.38. The maximum absolute atomic E-state index is 11.6. The summed E-state index contributed by atoms with van der Waals surface area (Å²) in [6.45, 7) is 3.54. The molecule has 2 aliphatic rings. The molecule has 1 N–H and O–H groups in total. The smallest absolute Gasteiger partial charge is 0.410 e. The molecule has 2 saturated heterocycles. The molecule has 0 aromatic rings. The highest BCUT2D eigenvalue weighted by Gasteiger charge is 2.23. The summed E-state index contributed by atoms with van der Waals surface area (Å²) in [6.07, 6.45) is 4.44. The van der Waals surface area contributed by atoms with Crippen LogP contribution in [0.1, 0.15) is 25.7 Å². The van der Waals surface area contributed by atoms with E-state index in [4.69, 9.17) is 4.74 Å². The molecule has 0 aromatic carbocycles. The molecule has 0 saturated carbocycles. The van der Waals surface area contributed by atoms with Crippen molar-refractivity contribution in [3.8, 4) is 0 Å². The van der Waals surface area contributed by atoms with Gasteiger partial charge >= 0.3 is 6.09 Å². The quantitative estimate of drug-likeness (QED) is 0.682. The summed E-state index contributed by atoms with van der Waals surface area (Å²) in [4.78, 5) is 13.5. The van der Waals surface area contributed by atoms with Gasteiger partial charge in [0.05, 0.1) is 0 Å². The Morgan fingerprint density at radius 2 is 2.07 bits per heavy atom. The summed E-state index contributed by atoms with van der Waals surface area (Å²) in [7, 11) is 0. The second-order valence-electron chi connectivity index (χ2n) is 4.05. The number of carbonyl (C=O) groups excluding carboxylic acids is 1. The average molecular weight is 198 g/mol. The van der Waals surface area contributed by atoms with Crippen molar-refractivity contribution in [1.82, 2.24) is 10.2 Å². The highest BCUT2D eigenvalue weighted by atomic mass is 16.6. The summed E-state index contributed by atoms with van der Waals surface area (Å²) in [5.74, 6) is 0. The largest absolute Gasteiger partial charge is 0.445 e. The number of hydrogen-bond donors (Lipinski definition) is 1. The number of amides is 1. The molecule has 4 nitrogen and oxygen atoms in total. The Labute approximate surface area is 84.6 Å². The average Bonchev–Trinajstić information content (AvgIpc) is 2.72. The number of nitrogens with zero attached hydrogens (tertiary/aromatic N) is 1. The first-order valence-electron chi connectivity index (χ1n) is 5.52. The summed E-state index contributed by atoms with van der Waals surface area (Å²) in [5.41, 5.74) is 0. The number of likely N-dealkylation sites (tertiary alicyclic amines) is 1. The molecule has 2 aliphatic heterocycles. The van der Waals surface area contributed by atoms with E-state index in [1.807, 2.05) is 4.90 Å². The molecule has 2 heterocycles. The molecule has 2 rings (SSSR count). The van der Waals surface area contributed by atoms with E-state index in [1.165, 1.54) is 6.42 Å². The van der Waals surface area contributed by atoms with Gasteiger partial charge in [0.15, 0.2) is 0 Å². The van der Waals surface area contributed by atoms with Crippen LogP contribution in [0.4, 0.5) is 4.79 Å². The zero-order valence-electron chi connectivity index (χ0n) is 8.50. The lowest BCUT2D eigenvalue weighted by atomic mass is 10.1.